The summed E-state index contributed by atoms with van der Waals surface area (Å²) in [4.78, 5) is 21.8. The second kappa shape index (κ2) is 9.47. The van der Waals surface area contributed by atoms with Gasteiger partial charge in [0.1, 0.15) is 11.5 Å². The zero-order chi connectivity index (χ0) is 22.9. The van der Waals surface area contributed by atoms with Crippen molar-refractivity contribution in [1.29, 1.82) is 0 Å². The molecule has 0 bridgehead atoms. The lowest BCUT2D eigenvalue weighted by atomic mass is 10.2. The number of aliphatic imine (C=N–C) groups is 1. The Balaban J connectivity index is 1.24. The summed E-state index contributed by atoms with van der Waals surface area (Å²) >= 11 is 19.6. The number of carbonyl (C=O) groups excluding carboxylic acids is 1. The first-order chi connectivity index (χ1) is 16.0. The lowest BCUT2D eigenvalue weighted by Crippen LogP contribution is -2.47. The van der Waals surface area contributed by atoms with Gasteiger partial charge >= 0.3 is 0 Å². The topological polar surface area (TPSA) is 49.1 Å². The number of thioether (sulfide) groups is 1. The highest BCUT2D eigenvalue weighted by molar-refractivity contribution is 8.18. The summed E-state index contributed by atoms with van der Waals surface area (Å²) in [5, 5.41) is 2.40. The van der Waals surface area contributed by atoms with Gasteiger partial charge in [-0.3, -0.25) is 4.79 Å². The molecule has 0 aliphatic carbocycles. The highest BCUT2D eigenvalue weighted by Gasteiger charge is 2.29. The Kier molecular flexibility index (Phi) is 6.43. The number of nitrogens with zero attached hydrogens (tertiary/aromatic N) is 3. The highest BCUT2D eigenvalue weighted by Crippen LogP contribution is 2.34. The summed E-state index contributed by atoms with van der Waals surface area (Å²) in [6.07, 6.45) is 1.73. The van der Waals surface area contributed by atoms with Crippen LogP contribution in [0.2, 0.25) is 15.1 Å². The van der Waals surface area contributed by atoms with Crippen LogP contribution in [0.3, 0.4) is 0 Å². The molecule has 5 rings (SSSR count). The van der Waals surface area contributed by atoms with E-state index in [-0.39, 0.29) is 5.91 Å². The van der Waals surface area contributed by atoms with E-state index in [0.29, 0.717) is 26.5 Å². The fourth-order valence-corrected chi connectivity index (χ4v) is 5.15. The molecule has 3 aromatic rings. The summed E-state index contributed by atoms with van der Waals surface area (Å²) in [5.74, 6) is 0.975. The molecule has 2 aliphatic rings. The molecule has 0 saturated carbocycles. The van der Waals surface area contributed by atoms with Crippen molar-refractivity contribution in [2.75, 3.05) is 31.1 Å². The van der Waals surface area contributed by atoms with E-state index in [1.807, 2.05) is 36.4 Å². The number of rotatable bonds is 3. The number of hydrogen-bond acceptors (Lipinski definition) is 5. The number of hydrogen-bond donors (Lipinski definition) is 0. The van der Waals surface area contributed by atoms with Crippen molar-refractivity contribution < 1.29 is 9.21 Å². The van der Waals surface area contributed by atoms with Crippen molar-refractivity contribution in [2.24, 2.45) is 4.99 Å². The number of amides is 1. The highest BCUT2D eigenvalue weighted by atomic mass is 35.5. The van der Waals surface area contributed by atoms with E-state index in [2.05, 4.69) is 20.9 Å². The second-order valence-electron chi connectivity index (χ2n) is 7.60. The molecule has 3 heterocycles. The van der Waals surface area contributed by atoms with Gasteiger partial charge in [0.15, 0.2) is 5.17 Å². The van der Waals surface area contributed by atoms with Gasteiger partial charge < -0.3 is 14.2 Å². The molecule has 1 saturated heterocycles. The lowest BCUT2D eigenvalue weighted by Gasteiger charge is -2.36. The summed E-state index contributed by atoms with van der Waals surface area (Å²) in [6.45, 7) is 3.22. The van der Waals surface area contributed by atoms with Crippen LogP contribution in [-0.2, 0) is 4.79 Å². The minimum atomic E-state index is -0.250. The molecule has 1 amide bonds. The van der Waals surface area contributed by atoms with Crippen LogP contribution in [0.5, 0.6) is 0 Å². The van der Waals surface area contributed by atoms with E-state index >= 15 is 0 Å². The van der Waals surface area contributed by atoms with E-state index in [9.17, 15) is 4.79 Å². The van der Waals surface area contributed by atoms with Gasteiger partial charge in [-0.05, 0) is 60.3 Å². The maximum atomic E-state index is 12.5. The molecule has 1 fully saturated rings. The van der Waals surface area contributed by atoms with Gasteiger partial charge in [0, 0.05) is 48.5 Å². The molecule has 168 valence electrons. The quantitative estimate of drug-likeness (QED) is 0.361. The molecular formula is C24H18Cl3N3O2S. The van der Waals surface area contributed by atoms with Crippen LogP contribution < -0.4 is 4.90 Å². The van der Waals surface area contributed by atoms with Gasteiger partial charge in [0.05, 0.1) is 15.0 Å². The number of halogens is 3. The summed E-state index contributed by atoms with van der Waals surface area (Å²) in [5.41, 5.74) is 1.92. The molecule has 0 unspecified atom stereocenters. The Morgan fingerprint density at radius 2 is 1.70 bits per heavy atom. The zero-order valence-electron chi connectivity index (χ0n) is 17.3. The van der Waals surface area contributed by atoms with Gasteiger partial charge in [0.25, 0.3) is 5.91 Å². The van der Waals surface area contributed by atoms with Crippen molar-refractivity contribution in [3.63, 3.8) is 0 Å². The van der Waals surface area contributed by atoms with Crippen molar-refractivity contribution >= 4 is 69.4 Å². The molecular weight excluding hydrogens is 501 g/mol. The first kappa shape index (κ1) is 22.4. The summed E-state index contributed by atoms with van der Waals surface area (Å²) < 4.78 is 5.90. The predicted molar refractivity (Wildman–Crippen MR) is 137 cm³/mol. The fourth-order valence-electron chi connectivity index (χ4n) is 3.73. The normalized spacial score (nSPS) is 17.7. The van der Waals surface area contributed by atoms with E-state index in [1.54, 1.807) is 18.2 Å². The van der Waals surface area contributed by atoms with Crippen molar-refractivity contribution in [3.8, 4) is 11.3 Å². The summed E-state index contributed by atoms with van der Waals surface area (Å²) in [7, 11) is 0. The van der Waals surface area contributed by atoms with Crippen LogP contribution in [-0.4, -0.2) is 42.2 Å². The van der Waals surface area contributed by atoms with Crippen LogP contribution in [0, 0.1) is 0 Å². The van der Waals surface area contributed by atoms with Crippen molar-refractivity contribution in [1.82, 2.24) is 4.90 Å². The number of benzene rings is 2. The van der Waals surface area contributed by atoms with E-state index in [1.165, 1.54) is 11.8 Å². The van der Waals surface area contributed by atoms with Gasteiger partial charge in [0.2, 0.25) is 0 Å². The third-order valence-electron chi connectivity index (χ3n) is 5.44. The van der Waals surface area contributed by atoms with Crippen molar-refractivity contribution in [3.05, 3.63) is 80.3 Å². The van der Waals surface area contributed by atoms with Crippen molar-refractivity contribution in [2.45, 2.75) is 0 Å². The molecule has 0 radical (unpaired) electrons. The maximum Gasteiger partial charge on any atom is 0.286 e. The van der Waals surface area contributed by atoms with E-state index < -0.39 is 0 Å². The smallest absolute Gasteiger partial charge is 0.286 e. The Morgan fingerprint density at radius 3 is 2.45 bits per heavy atom. The molecule has 5 nitrogen and oxygen atoms in total. The van der Waals surface area contributed by atoms with Crippen LogP contribution in [0.4, 0.5) is 5.69 Å². The number of furan rings is 1. The first-order valence-electron chi connectivity index (χ1n) is 10.3. The van der Waals surface area contributed by atoms with E-state index in [0.717, 1.165) is 47.6 Å². The molecule has 0 spiro atoms. The second-order valence-corrected chi connectivity index (χ2v) is 9.85. The fraction of sp³-hybridized carbons (Fsp3) is 0.167. The van der Waals surface area contributed by atoms with Crippen LogP contribution >= 0.6 is 46.6 Å². The zero-order valence-corrected chi connectivity index (χ0v) is 20.4. The molecule has 0 atom stereocenters. The molecule has 9 heteroatoms. The van der Waals surface area contributed by atoms with Crippen LogP contribution in [0.15, 0.2) is 68.9 Å². The Morgan fingerprint density at radius 1 is 0.909 bits per heavy atom. The van der Waals surface area contributed by atoms with Gasteiger partial charge in [-0.25, -0.2) is 0 Å². The SMILES string of the molecule is O=C1N=C(N2CCN(c3cccc(Cl)c3)CC2)S/C1=C\c1ccc(-c2ccc(Cl)c(Cl)c2)o1. The number of anilines is 1. The van der Waals surface area contributed by atoms with Crippen LogP contribution in [0.1, 0.15) is 5.76 Å². The monoisotopic (exact) mass is 517 g/mol. The Labute approximate surface area is 210 Å². The minimum Gasteiger partial charge on any atom is -0.457 e. The molecule has 0 N–H and O–H groups in total. The molecule has 2 aliphatic heterocycles. The number of piperazine rings is 1. The average molecular weight is 519 g/mol. The van der Waals surface area contributed by atoms with E-state index in [4.69, 9.17) is 39.2 Å². The summed E-state index contributed by atoms with van der Waals surface area (Å²) in [6, 6.07) is 16.8. The van der Waals surface area contributed by atoms with Gasteiger partial charge in [-0.1, -0.05) is 40.9 Å². The number of amidine groups is 1. The average Bonchev–Trinajstić information content (AvgIpc) is 3.43. The maximum absolute atomic E-state index is 12.5. The Hall–Kier alpha value is -2.38. The van der Waals surface area contributed by atoms with Gasteiger partial charge in [-0.15, -0.1) is 0 Å². The Bertz CT molecular complexity index is 1280. The third kappa shape index (κ3) is 4.94. The third-order valence-corrected chi connectivity index (χ3v) is 7.46. The molecule has 33 heavy (non-hydrogen) atoms. The molecule has 2 aromatic carbocycles. The first-order valence-corrected chi connectivity index (χ1v) is 12.2. The lowest BCUT2D eigenvalue weighted by molar-refractivity contribution is -0.113. The predicted octanol–water partition coefficient (Wildman–Crippen LogP) is 6.70. The number of carbonyl (C=O) groups is 1. The minimum absolute atomic E-state index is 0.250. The van der Waals surface area contributed by atoms with Crippen LogP contribution in [0.25, 0.3) is 17.4 Å². The van der Waals surface area contributed by atoms with Gasteiger partial charge in [-0.2, -0.15) is 4.99 Å². The standard InChI is InChI=1S/C24H18Cl3N3O2S/c25-16-2-1-3-17(13-16)29-8-10-30(11-9-29)24-28-23(31)22(33-24)14-18-5-7-21(32-18)15-4-6-19(26)20(27)12-15/h1-7,12-14H,8-11H2/b22-14-. The molecule has 1 aromatic heterocycles. The largest absolute Gasteiger partial charge is 0.457 e.